The van der Waals surface area contributed by atoms with E-state index in [1.54, 1.807) is 6.33 Å². The number of piperidine rings is 2. The predicted octanol–water partition coefficient (Wildman–Crippen LogP) is 2.58. The number of rotatable bonds is 2. The van der Waals surface area contributed by atoms with Gasteiger partial charge in [-0.15, -0.1) is 0 Å². The van der Waals surface area contributed by atoms with E-state index in [-0.39, 0.29) is 0 Å². The lowest BCUT2D eigenvalue weighted by Crippen LogP contribution is -2.46. The first kappa shape index (κ1) is 13.1. The Morgan fingerprint density at radius 3 is 2.42 bits per heavy atom. The van der Waals surface area contributed by atoms with Crippen LogP contribution in [0, 0.1) is 0 Å². The normalized spacial score (nSPS) is 22.7. The van der Waals surface area contributed by atoms with E-state index in [1.807, 2.05) is 6.07 Å². The molecule has 0 aliphatic carbocycles. The smallest absolute Gasteiger partial charge is 0.134 e. The first-order chi connectivity index (χ1) is 9.33. The van der Waals surface area contributed by atoms with Crippen molar-refractivity contribution < 1.29 is 0 Å². The van der Waals surface area contributed by atoms with Gasteiger partial charge in [0.2, 0.25) is 0 Å². The molecule has 104 valence electrons. The van der Waals surface area contributed by atoms with Crippen LogP contribution in [0.15, 0.2) is 12.4 Å². The number of aromatic nitrogens is 2. The van der Waals surface area contributed by atoms with Gasteiger partial charge in [-0.3, -0.25) is 0 Å². The van der Waals surface area contributed by atoms with Crippen LogP contribution in [0.2, 0.25) is 5.15 Å². The van der Waals surface area contributed by atoms with Crippen molar-refractivity contribution in [3.8, 4) is 0 Å². The summed E-state index contributed by atoms with van der Waals surface area (Å²) < 4.78 is 0. The molecule has 0 N–H and O–H groups in total. The van der Waals surface area contributed by atoms with Gasteiger partial charge in [-0.25, -0.2) is 9.97 Å². The first-order valence-corrected chi connectivity index (χ1v) is 7.67. The Hall–Kier alpha value is -0.870. The van der Waals surface area contributed by atoms with Gasteiger partial charge in [-0.1, -0.05) is 18.0 Å². The third kappa shape index (κ3) is 3.18. The molecule has 0 saturated carbocycles. The van der Waals surface area contributed by atoms with Crippen LogP contribution >= 0.6 is 11.6 Å². The van der Waals surface area contributed by atoms with E-state index in [9.17, 15) is 0 Å². The minimum Gasteiger partial charge on any atom is -0.356 e. The van der Waals surface area contributed by atoms with E-state index in [0.29, 0.717) is 5.15 Å². The summed E-state index contributed by atoms with van der Waals surface area (Å²) in [4.78, 5) is 13.3. The number of anilines is 1. The minimum absolute atomic E-state index is 0.531. The molecule has 0 radical (unpaired) electrons. The molecular formula is C14H21ClN4. The molecular weight excluding hydrogens is 260 g/mol. The molecule has 0 unspecified atom stereocenters. The highest BCUT2D eigenvalue weighted by Gasteiger charge is 2.26. The van der Waals surface area contributed by atoms with Crippen molar-refractivity contribution in [1.29, 1.82) is 0 Å². The quantitative estimate of drug-likeness (QED) is 0.780. The Morgan fingerprint density at radius 1 is 1.00 bits per heavy atom. The number of likely N-dealkylation sites (tertiary alicyclic amines) is 1. The van der Waals surface area contributed by atoms with Gasteiger partial charge in [0.15, 0.2) is 0 Å². The topological polar surface area (TPSA) is 32.3 Å². The van der Waals surface area contributed by atoms with Crippen LogP contribution in [-0.4, -0.2) is 47.1 Å². The summed E-state index contributed by atoms with van der Waals surface area (Å²) in [6.45, 7) is 4.75. The summed E-state index contributed by atoms with van der Waals surface area (Å²) in [5, 5.41) is 0.531. The highest BCUT2D eigenvalue weighted by molar-refractivity contribution is 6.29. The highest BCUT2D eigenvalue weighted by Crippen LogP contribution is 2.24. The van der Waals surface area contributed by atoms with E-state index in [4.69, 9.17) is 11.6 Å². The fraction of sp³-hybridized carbons (Fsp3) is 0.714. The SMILES string of the molecule is Clc1cc(N2CCC(N3CCCCC3)CC2)ncn1. The summed E-state index contributed by atoms with van der Waals surface area (Å²) in [6.07, 6.45) is 8.19. The van der Waals surface area contributed by atoms with Gasteiger partial charge < -0.3 is 9.80 Å². The maximum absolute atomic E-state index is 5.93. The van der Waals surface area contributed by atoms with Gasteiger partial charge in [0.1, 0.15) is 17.3 Å². The molecule has 2 aliphatic rings. The lowest BCUT2D eigenvalue weighted by Gasteiger charge is -2.40. The fourth-order valence-corrected chi connectivity index (χ4v) is 3.38. The summed E-state index contributed by atoms with van der Waals surface area (Å²) in [7, 11) is 0. The average molecular weight is 281 g/mol. The summed E-state index contributed by atoms with van der Waals surface area (Å²) in [5.74, 6) is 0.970. The van der Waals surface area contributed by atoms with E-state index in [2.05, 4.69) is 19.8 Å². The lowest BCUT2D eigenvalue weighted by molar-refractivity contribution is 0.141. The van der Waals surface area contributed by atoms with Crippen molar-refractivity contribution >= 4 is 17.4 Å². The van der Waals surface area contributed by atoms with Crippen LogP contribution in [0.25, 0.3) is 0 Å². The Bertz CT molecular complexity index is 412. The molecule has 3 heterocycles. The molecule has 0 spiro atoms. The van der Waals surface area contributed by atoms with Gasteiger partial charge in [-0.2, -0.15) is 0 Å². The number of hydrogen-bond acceptors (Lipinski definition) is 4. The van der Waals surface area contributed by atoms with Gasteiger partial charge in [-0.05, 0) is 38.8 Å². The minimum atomic E-state index is 0.531. The molecule has 3 rings (SSSR count). The molecule has 5 heteroatoms. The van der Waals surface area contributed by atoms with Gasteiger partial charge in [0, 0.05) is 25.2 Å². The molecule has 1 aromatic rings. The number of hydrogen-bond donors (Lipinski definition) is 0. The van der Waals surface area contributed by atoms with Gasteiger partial charge >= 0.3 is 0 Å². The molecule has 19 heavy (non-hydrogen) atoms. The maximum atomic E-state index is 5.93. The fourth-order valence-electron chi connectivity index (χ4n) is 3.24. The second-order valence-electron chi connectivity index (χ2n) is 5.51. The van der Waals surface area contributed by atoms with Crippen LogP contribution < -0.4 is 4.90 Å². The Kier molecular flexibility index (Phi) is 4.18. The molecule has 0 atom stereocenters. The molecule has 0 amide bonds. The van der Waals surface area contributed by atoms with E-state index < -0.39 is 0 Å². The summed E-state index contributed by atoms with van der Waals surface area (Å²) in [6, 6.07) is 2.64. The van der Waals surface area contributed by atoms with Crippen molar-refractivity contribution in [2.45, 2.75) is 38.1 Å². The van der Waals surface area contributed by atoms with Crippen LogP contribution in [-0.2, 0) is 0 Å². The third-order valence-corrected chi connectivity index (χ3v) is 4.52. The monoisotopic (exact) mass is 280 g/mol. The zero-order valence-electron chi connectivity index (χ0n) is 11.3. The van der Waals surface area contributed by atoms with Gasteiger partial charge in [0.05, 0.1) is 0 Å². The molecule has 0 aromatic carbocycles. The number of halogens is 1. The zero-order valence-corrected chi connectivity index (χ0v) is 12.0. The Balaban J connectivity index is 1.57. The molecule has 2 saturated heterocycles. The average Bonchev–Trinajstić information content (AvgIpc) is 2.48. The van der Waals surface area contributed by atoms with Crippen molar-refractivity contribution in [2.75, 3.05) is 31.1 Å². The van der Waals surface area contributed by atoms with Crippen molar-refractivity contribution in [3.05, 3.63) is 17.5 Å². The Morgan fingerprint density at radius 2 is 1.74 bits per heavy atom. The largest absolute Gasteiger partial charge is 0.356 e. The molecule has 0 bridgehead atoms. The van der Waals surface area contributed by atoms with Gasteiger partial charge in [0.25, 0.3) is 0 Å². The van der Waals surface area contributed by atoms with Crippen molar-refractivity contribution in [2.24, 2.45) is 0 Å². The van der Waals surface area contributed by atoms with Crippen LogP contribution in [0.4, 0.5) is 5.82 Å². The zero-order chi connectivity index (χ0) is 13.1. The van der Waals surface area contributed by atoms with E-state index >= 15 is 0 Å². The first-order valence-electron chi connectivity index (χ1n) is 7.29. The molecule has 4 nitrogen and oxygen atoms in total. The summed E-state index contributed by atoms with van der Waals surface area (Å²) >= 11 is 5.93. The molecule has 2 fully saturated rings. The maximum Gasteiger partial charge on any atom is 0.134 e. The number of nitrogens with zero attached hydrogens (tertiary/aromatic N) is 4. The lowest BCUT2D eigenvalue weighted by atomic mass is 10.00. The van der Waals surface area contributed by atoms with Crippen molar-refractivity contribution in [3.63, 3.8) is 0 Å². The standard InChI is InChI=1S/C14H21ClN4/c15-13-10-14(17-11-16-13)19-8-4-12(5-9-19)18-6-2-1-3-7-18/h10-12H,1-9H2. The third-order valence-electron chi connectivity index (χ3n) is 4.31. The Labute approximate surface area is 119 Å². The predicted molar refractivity (Wildman–Crippen MR) is 77.7 cm³/mol. The van der Waals surface area contributed by atoms with Crippen LogP contribution in [0.5, 0.6) is 0 Å². The van der Waals surface area contributed by atoms with Crippen molar-refractivity contribution in [1.82, 2.24) is 14.9 Å². The second-order valence-corrected chi connectivity index (χ2v) is 5.90. The van der Waals surface area contributed by atoms with Crippen LogP contribution in [0.1, 0.15) is 32.1 Å². The molecule has 2 aliphatic heterocycles. The van der Waals surface area contributed by atoms with E-state index in [0.717, 1.165) is 24.9 Å². The molecule has 1 aromatic heterocycles. The van der Waals surface area contributed by atoms with E-state index in [1.165, 1.54) is 45.2 Å². The second kappa shape index (κ2) is 6.06. The summed E-state index contributed by atoms with van der Waals surface area (Å²) in [5.41, 5.74) is 0. The highest BCUT2D eigenvalue weighted by atomic mass is 35.5. The van der Waals surface area contributed by atoms with Crippen LogP contribution in [0.3, 0.4) is 0 Å².